The third-order valence-electron chi connectivity index (χ3n) is 7.32. The zero-order valence-electron chi connectivity index (χ0n) is 21.0. The summed E-state index contributed by atoms with van der Waals surface area (Å²) < 4.78 is 19.7. The van der Waals surface area contributed by atoms with Crippen molar-refractivity contribution < 1.29 is 18.7 Å². The van der Waals surface area contributed by atoms with Crippen LogP contribution in [0.15, 0.2) is 36.4 Å². The van der Waals surface area contributed by atoms with Gasteiger partial charge in [-0.25, -0.2) is 4.39 Å². The molecule has 1 unspecified atom stereocenters. The molecule has 1 aliphatic carbocycles. The normalized spacial score (nSPS) is 19.2. The highest BCUT2D eigenvalue weighted by Crippen LogP contribution is 2.29. The summed E-state index contributed by atoms with van der Waals surface area (Å²) in [4.78, 5) is 30.1. The molecule has 0 spiro atoms. The van der Waals surface area contributed by atoms with Gasteiger partial charge >= 0.3 is 0 Å². The molecule has 2 aromatic rings. The van der Waals surface area contributed by atoms with Crippen LogP contribution in [0, 0.1) is 18.7 Å². The van der Waals surface area contributed by atoms with Crippen molar-refractivity contribution in [2.24, 2.45) is 5.92 Å². The standard InChI is InChI=1S/C28H36FN3O3/c1-19-16-31(11-12-32(19)28(34)22-8-4-5-9-22)17-24-14-25(29)15-26(20(24)2)30-27(33)23-10-6-7-21(13-23)18-35-3/h6-7,10,13-15,19,22H,4-5,8-9,11-12,16-18H2,1-3H3,(H,30,33). The maximum atomic E-state index is 14.6. The van der Waals surface area contributed by atoms with Gasteiger partial charge in [-0.1, -0.05) is 25.0 Å². The number of piperazine rings is 1. The Kier molecular flexibility index (Phi) is 8.19. The number of hydrogen-bond donors (Lipinski definition) is 1. The molecule has 6 nitrogen and oxygen atoms in total. The van der Waals surface area contributed by atoms with Crippen LogP contribution >= 0.6 is 0 Å². The van der Waals surface area contributed by atoms with E-state index in [2.05, 4.69) is 17.1 Å². The van der Waals surface area contributed by atoms with E-state index in [-0.39, 0.29) is 23.7 Å². The van der Waals surface area contributed by atoms with Gasteiger partial charge in [-0.05, 0) is 67.6 Å². The molecule has 2 amide bonds. The summed E-state index contributed by atoms with van der Waals surface area (Å²) in [6, 6.07) is 10.3. The van der Waals surface area contributed by atoms with Gasteiger partial charge in [0.1, 0.15) is 5.82 Å². The van der Waals surface area contributed by atoms with Crippen LogP contribution in [0.2, 0.25) is 0 Å². The molecule has 1 atom stereocenters. The smallest absolute Gasteiger partial charge is 0.255 e. The van der Waals surface area contributed by atoms with Crippen molar-refractivity contribution in [1.82, 2.24) is 9.80 Å². The zero-order chi connectivity index (χ0) is 24.9. The van der Waals surface area contributed by atoms with Gasteiger partial charge < -0.3 is 15.0 Å². The lowest BCUT2D eigenvalue weighted by Gasteiger charge is -2.41. The van der Waals surface area contributed by atoms with E-state index in [1.165, 1.54) is 6.07 Å². The van der Waals surface area contributed by atoms with Crippen LogP contribution in [0.1, 0.15) is 59.7 Å². The Morgan fingerprint density at radius 1 is 1.14 bits per heavy atom. The summed E-state index contributed by atoms with van der Waals surface area (Å²) >= 11 is 0. The molecule has 2 fully saturated rings. The molecule has 1 saturated heterocycles. The number of rotatable bonds is 7. The Hall–Kier alpha value is -2.77. The maximum Gasteiger partial charge on any atom is 0.255 e. The van der Waals surface area contributed by atoms with Gasteiger partial charge in [0.25, 0.3) is 5.91 Å². The molecular weight excluding hydrogens is 445 g/mol. The highest BCUT2D eigenvalue weighted by Gasteiger charge is 2.33. The number of amides is 2. The van der Waals surface area contributed by atoms with Crippen molar-refractivity contribution in [3.8, 4) is 0 Å². The second-order valence-electron chi connectivity index (χ2n) is 9.92. The summed E-state index contributed by atoms with van der Waals surface area (Å²) in [5, 5.41) is 2.89. The van der Waals surface area contributed by atoms with E-state index < -0.39 is 0 Å². The van der Waals surface area contributed by atoms with Gasteiger partial charge in [0.2, 0.25) is 5.91 Å². The fourth-order valence-electron chi connectivity index (χ4n) is 5.35. The number of nitrogens with one attached hydrogen (secondary N) is 1. The number of carbonyl (C=O) groups excluding carboxylic acids is 2. The average Bonchev–Trinajstić information content (AvgIpc) is 3.37. The molecule has 2 aromatic carbocycles. The molecular formula is C28H36FN3O3. The molecule has 1 N–H and O–H groups in total. The summed E-state index contributed by atoms with van der Waals surface area (Å²) in [6.07, 6.45) is 4.33. The van der Waals surface area contributed by atoms with Gasteiger partial charge in [-0.3, -0.25) is 14.5 Å². The van der Waals surface area contributed by atoms with Crippen molar-refractivity contribution >= 4 is 17.5 Å². The summed E-state index contributed by atoms with van der Waals surface area (Å²) in [6.45, 7) is 7.21. The number of carbonyl (C=O) groups is 2. The first kappa shape index (κ1) is 25.3. The zero-order valence-corrected chi connectivity index (χ0v) is 21.0. The third kappa shape index (κ3) is 6.08. The van der Waals surface area contributed by atoms with Crippen LogP contribution in [0.5, 0.6) is 0 Å². The predicted octanol–water partition coefficient (Wildman–Crippen LogP) is 4.76. The van der Waals surface area contributed by atoms with Crippen LogP contribution < -0.4 is 5.32 Å². The monoisotopic (exact) mass is 481 g/mol. The highest BCUT2D eigenvalue weighted by molar-refractivity contribution is 6.04. The Morgan fingerprint density at radius 2 is 1.91 bits per heavy atom. The molecule has 188 valence electrons. The lowest BCUT2D eigenvalue weighted by Crippen LogP contribution is -2.54. The Labute approximate surface area is 207 Å². The van der Waals surface area contributed by atoms with Crippen molar-refractivity contribution in [1.29, 1.82) is 0 Å². The lowest BCUT2D eigenvalue weighted by atomic mass is 10.0. The minimum atomic E-state index is -0.378. The van der Waals surface area contributed by atoms with Crippen molar-refractivity contribution in [3.63, 3.8) is 0 Å². The number of benzene rings is 2. The number of hydrogen-bond acceptors (Lipinski definition) is 4. The van der Waals surface area contributed by atoms with E-state index in [1.54, 1.807) is 25.3 Å². The number of halogens is 1. The lowest BCUT2D eigenvalue weighted by molar-refractivity contribution is -0.140. The van der Waals surface area contributed by atoms with Crippen LogP contribution in [-0.2, 0) is 22.7 Å². The van der Waals surface area contributed by atoms with Gasteiger partial charge in [0, 0.05) is 56.5 Å². The molecule has 1 aliphatic heterocycles. The van der Waals surface area contributed by atoms with E-state index in [4.69, 9.17) is 4.74 Å². The number of nitrogens with zero attached hydrogens (tertiary/aromatic N) is 2. The fourth-order valence-corrected chi connectivity index (χ4v) is 5.35. The van der Waals surface area contributed by atoms with Gasteiger partial charge in [-0.2, -0.15) is 0 Å². The van der Waals surface area contributed by atoms with Crippen LogP contribution in [0.4, 0.5) is 10.1 Å². The molecule has 4 rings (SSSR count). The predicted molar refractivity (Wildman–Crippen MR) is 135 cm³/mol. The molecule has 1 saturated carbocycles. The molecule has 35 heavy (non-hydrogen) atoms. The van der Waals surface area contributed by atoms with Gasteiger partial charge in [0.15, 0.2) is 0 Å². The van der Waals surface area contributed by atoms with Gasteiger partial charge in [-0.15, -0.1) is 0 Å². The van der Waals surface area contributed by atoms with E-state index in [0.29, 0.717) is 36.9 Å². The van der Waals surface area contributed by atoms with Crippen LogP contribution in [0.25, 0.3) is 0 Å². The van der Waals surface area contributed by atoms with Crippen LogP contribution in [-0.4, -0.2) is 54.4 Å². The van der Waals surface area contributed by atoms with E-state index in [0.717, 1.165) is 55.5 Å². The molecule has 0 aromatic heterocycles. The second-order valence-corrected chi connectivity index (χ2v) is 9.92. The van der Waals surface area contributed by atoms with Crippen molar-refractivity contribution in [2.75, 3.05) is 32.1 Å². The number of methoxy groups -OCH3 is 1. The largest absolute Gasteiger partial charge is 0.380 e. The Morgan fingerprint density at radius 3 is 2.63 bits per heavy atom. The summed E-state index contributed by atoms with van der Waals surface area (Å²) in [7, 11) is 1.61. The first-order valence-corrected chi connectivity index (χ1v) is 12.6. The molecule has 2 aliphatic rings. The van der Waals surface area contributed by atoms with Crippen molar-refractivity contribution in [3.05, 3.63) is 64.5 Å². The molecule has 7 heteroatoms. The number of ether oxygens (including phenoxy) is 1. The van der Waals surface area contributed by atoms with Crippen LogP contribution in [0.3, 0.4) is 0 Å². The first-order valence-electron chi connectivity index (χ1n) is 12.6. The maximum absolute atomic E-state index is 14.6. The second kappa shape index (κ2) is 11.3. The highest BCUT2D eigenvalue weighted by atomic mass is 19.1. The fraction of sp³-hybridized carbons (Fsp3) is 0.500. The molecule has 0 radical (unpaired) electrons. The number of anilines is 1. The van der Waals surface area contributed by atoms with Gasteiger partial charge in [0.05, 0.1) is 6.61 Å². The van der Waals surface area contributed by atoms with E-state index in [1.807, 2.05) is 24.0 Å². The minimum Gasteiger partial charge on any atom is -0.380 e. The molecule has 0 bridgehead atoms. The quantitative estimate of drug-likeness (QED) is 0.620. The summed E-state index contributed by atoms with van der Waals surface area (Å²) in [5.74, 6) is -0.167. The molecule has 1 heterocycles. The topological polar surface area (TPSA) is 61.9 Å². The van der Waals surface area contributed by atoms with Crippen molar-refractivity contribution in [2.45, 2.75) is 58.7 Å². The van der Waals surface area contributed by atoms with E-state index in [9.17, 15) is 14.0 Å². The average molecular weight is 482 g/mol. The minimum absolute atomic E-state index is 0.129. The Balaban J connectivity index is 1.42. The van der Waals surface area contributed by atoms with E-state index >= 15 is 0 Å². The SMILES string of the molecule is COCc1cccc(C(=O)Nc2cc(F)cc(CN3CCN(C(=O)C4CCCC4)C(C)C3)c2C)c1. The first-order chi connectivity index (χ1) is 16.9. The third-order valence-corrected chi connectivity index (χ3v) is 7.32. The summed E-state index contributed by atoms with van der Waals surface area (Å²) in [5.41, 5.74) is 3.57. The Bertz CT molecular complexity index is 1070.